The molecule has 0 fully saturated rings. The molecule has 0 saturated heterocycles. The van der Waals surface area contributed by atoms with Gasteiger partial charge in [0.2, 0.25) is 0 Å². The Kier molecular flexibility index (Phi) is 4.49. The Morgan fingerprint density at radius 3 is 2.31 bits per heavy atom. The highest BCUT2D eigenvalue weighted by Crippen LogP contribution is 2.26. The van der Waals surface area contributed by atoms with Crippen LogP contribution >= 0.6 is 15.9 Å². The van der Waals surface area contributed by atoms with Gasteiger partial charge in [-0.3, -0.25) is 9.59 Å². The minimum absolute atomic E-state index is 0.514. The Morgan fingerprint density at radius 2 is 1.88 bits per heavy atom. The lowest BCUT2D eigenvalue weighted by Gasteiger charge is -2.19. The second kappa shape index (κ2) is 5.65. The van der Waals surface area contributed by atoms with Gasteiger partial charge in [0, 0.05) is 6.92 Å². The zero-order valence-electron chi connectivity index (χ0n) is 8.59. The molecule has 86 valence electrons. The molecular formula is C11H11BrO4. The lowest BCUT2D eigenvalue weighted by Crippen LogP contribution is -2.25. The van der Waals surface area contributed by atoms with Gasteiger partial charge in [0.1, 0.15) is 6.10 Å². The fourth-order valence-electron chi connectivity index (χ4n) is 1.25. The van der Waals surface area contributed by atoms with Crippen LogP contribution in [0, 0.1) is 0 Å². The normalized spacial score (nSPS) is 13.9. The van der Waals surface area contributed by atoms with Crippen molar-refractivity contribution in [3.63, 3.8) is 0 Å². The van der Waals surface area contributed by atoms with Crippen molar-refractivity contribution in [1.82, 2.24) is 0 Å². The highest BCUT2D eigenvalue weighted by Gasteiger charge is 2.29. The van der Waals surface area contributed by atoms with E-state index in [1.54, 1.807) is 30.3 Å². The van der Waals surface area contributed by atoms with Crippen molar-refractivity contribution in [2.24, 2.45) is 0 Å². The van der Waals surface area contributed by atoms with Crippen LogP contribution in [0.3, 0.4) is 0 Å². The predicted molar refractivity (Wildman–Crippen MR) is 61.3 cm³/mol. The molecule has 16 heavy (non-hydrogen) atoms. The number of hydrogen-bond donors (Lipinski definition) is 1. The van der Waals surface area contributed by atoms with Crippen molar-refractivity contribution in [3.05, 3.63) is 35.9 Å². The molecule has 0 radical (unpaired) electrons. The molecule has 5 heteroatoms. The molecule has 0 heterocycles. The maximum Gasteiger partial charge on any atom is 0.321 e. The second-order valence-corrected chi connectivity index (χ2v) is 4.17. The summed E-state index contributed by atoms with van der Waals surface area (Å²) >= 11 is 3.00. The molecule has 1 rings (SSSR count). The summed E-state index contributed by atoms with van der Waals surface area (Å²) in [7, 11) is 0. The van der Waals surface area contributed by atoms with Gasteiger partial charge in [0.05, 0.1) is 0 Å². The third-order valence-corrected chi connectivity index (χ3v) is 2.79. The highest BCUT2D eigenvalue weighted by molar-refractivity contribution is 9.10. The number of carboxylic acid groups (broad SMARTS) is 1. The van der Waals surface area contributed by atoms with Crippen molar-refractivity contribution in [2.75, 3.05) is 0 Å². The van der Waals surface area contributed by atoms with E-state index in [2.05, 4.69) is 15.9 Å². The van der Waals surface area contributed by atoms with Crippen molar-refractivity contribution in [3.8, 4) is 0 Å². The van der Waals surface area contributed by atoms with Crippen LogP contribution in [0.4, 0.5) is 0 Å². The first-order valence-corrected chi connectivity index (χ1v) is 5.53. The van der Waals surface area contributed by atoms with Gasteiger partial charge in [-0.15, -0.1) is 0 Å². The predicted octanol–water partition coefficient (Wildman–Crippen LogP) is 2.14. The fraction of sp³-hybridized carbons (Fsp3) is 0.273. The zero-order chi connectivity index (χ0) is 12.1. The lowest BCUT2D eigenvalue weighted by molar-refractivity contribution is -0.150. The molecule has 1 N–H and O–H groups in total. The molecule has 2 unspecified atom stereocenters. The Hall–Kier alpha value is -1.36. The average Bonchev–Trinajstić information content (AvgIpc) is 2.26. The van der Waals surface area contributed by atoms with Crippen LogP contribution in [0.1, 0.15) is 18.6 Å². The van der Waals surface area contributed by atoms with Gasteiger partial charge >= 0.3 is 11.9 Å². The summed E-state index contributed by atoms with van der Waals surface area (Å²) in [6.45, 7) is 1.25. The zero-order valence-corrected chi connectivity index (χ0v) is 10.2. The summed E-state index contributed by atoms with van der Waals surface area (Å²) in [5.41, 5.74) is 0.641. The third kappa shape index (κ3) is 3.34. The molecule has 0 amide bonds. The molecule has 0 aliphatic rings. The third-order valence-electron chi connectivity index (χ3n) is 1.92. The molecule has 1 aromatic carbocycles. The number of halogens is 1. The molecule has 0 aliphatic carbocycles. The number of carbonyl (C=O) groups excluding carboxylic acids is 1. The Labute approximate surface area is 101 Å². The summed E-state index contributed by atoms with van der Waals surface area (Å²) < 4.78 is 4.99. The molecule has 0 saturated carbocycles. The van der Waals surface area contributed by atoms with Crippen molar-refractivity contribution >= 4 is 27.9 Å². The van der Waals surface area contributed by atoms with E-state index in [0.29, 0.717) is 5.56 Å². The van der Waals surface area contributed by atoms with Crippen LogP contribution in [0.25, 0.3) is 0 Å². The van der Waals surface area contributed by atoms with Gasteiger partial charge in [-0.05, 0) is 5.56 Å². The van der Waals surface area contributed by atoms with E-state index < -0.39 is 22.9 Å². The van der Waals surface area contributed by atoms with Gasteiger partial charge in [-0.25, -0.2) is 0 Å². The molecule has 0 bridgehead atoms. The van der Waals surface area contributed by atoms with Crippen LogP contribution in [0.15, 0.2) is 30.3 Å². The number of ether oxygens (including phenoxy) is 1. The monoisotopic (exact) mass is 286 g/mol. The first-order chi connectivity index (χ1) is 7.52. The van der Waals surface area contributed by atoms with E-state index in [1.165, 1.54) is 6.92 Å². The summed E-state index contributed by atoms with van der Waals surface area (Å²) in [5, 5.41) is 8.89. The van der Waals surface area contributed by atoms with Crippen LogP contribution in [0.5, 0.6) is 0 Å². The maximum absolute atomic E-state index is 10.9. The molecule has 0 aliphatic heterocycles. The SMILES string of the molecule is CC(=O)OC(c1ccccc1)C(Br)C(=O)O. The second-order valence-electron chi connectivity index (χ2n) is 3.18. The highest BCUT2D eigenvalue weighted by atomic mass is 79.9. The maximum atomic E-state index is 10.9. The fourth-order valence-corrected chi connectivity index (χ4v) is 1.66. The number of carbonyl (C=O) groups is 2. The summed E-state index contributed by atoms with van der Waals surface area (Å²) in [4.78, 5) is 20.8. The number of benzene rings is 1. The van der Waals surface area contributed by atoms with Crippen molar-refractivity contribution in [2.45, 2.75) is 17.9 Å². The Morgan fingerprint density at radius 1 is 1.31 bits per heavy atom. The summed E-state index contributed by atoms with van der Waals surface area (Å²) in [5.74, 6) is -1.59. The number of esters is 1. The Balaban J connectivity index is 2.96. The number of alkyl halides is 1. The molecule has 0 aromatic heterocycles. The summed E-state index contributed by atoms with van der Waals surface area (Å²) in [6.07, 6.45) is -0.823. The molecule has 0 spiro atoms. The van der Waals surface area contributed by atoms with Crippen LogP contribution in [-0.4, -0.2) is 21.9 Å². The minimum atomic E-state index is -1.07. The van der Waals surface area contributed by atoms with E-state index in [-0.39, 0.29) is 0 Å². The largest absolute Gasteiger partial charge is 0.480 e. The number of aliphatic carboxylic acids is 1. The molecular weight excluding hydrogens is 276 g/mol. The van der Waals surface area contributed by atoms with E-state index in [1.807, 2.05) is 0 Å². The number of carboxylic acids is 1. The number of hydrogen-bond acceptors (Lipinski definition) is 3. The van der Waals surface area contributed by atoms with E-state index in [4.69, 9.17) is 9.84 Å². The smallest absolute Gasteiger partial charge is 0.321 e. The molecule has 2 atom stereocenters. The van der Waals surface area contributed by atoms with Gasteiger partial charge in [0.15, 0.2) is 4.83 Å². The van der Waals surface area contributed by atoms with Gasteiger partial charge in [0.25, 0.3) is 0 Å². The van der Waals surface area contributed by atoms with Crippen molar-refractivity contribution < 1.29 is 19.4 Å². The topological polar surface area (TPSA) is 63.6 Å². The first kappa shape index (κ1) is 12.7. The van der Waals surface area contributed by atoms with E-state index in [0.717, 1.165) is 0 Å². The van der Waals surface area contributed by atoms with Gasteiger partial charge in [-0.1, -0.05) is 46.3 Å². The minimum Gasteiger partial charge on any atom is -0.480 e. The number of rotatable bonds is 4. The molecule has 1 aromatic rings. The van der Waals surface area contributed by atoms with Gasteiger partial charge < -0.3 is 9.84 Å². The van der Waals surface area contributed by atoms with Crippen LogP contribution in [0.2, 0.25) is 0 Å². The van der Waals surface area contributed by atoms with Gasteiger partial charge in [-0.2, -0.15) is 0 Å². The lowest BCUT2D eigenvalue weighted by atomic mass is 10.1. The van der Waals surface area contributed by atoms with Crippen LogP contribution in [-0.2, 0) is 14.3 Å². The summed E-state index contributed by atoms with van der Waals surface area (Å²) in [6, 6.07) is 8.74. The standard InChI is InChI=1S/C11H11BrO4/c1-7(13)16-10(9(12)11(14)15)8-5-3-2-4-6-8/h2-6,9-10H,1H3,(H,14,15). The van der Waals surface area contributed by atoms with Crippen LogP contribution < -0.4 is 0 Å². The van der Waals surface area contributed by atoms with E-state index in [9.17, 15) is 9.59 Å². The first-order valence-electron chi connectivity index (χ1n) is 4.61. The molecule has 4 nitrogen and oxygen atoms in total. The Bertz CT molecular complexity index is 377. The van der Waals surface area contributed by atoms with E-state index >= 15 is 0 Å². The quantitative estimate of drug-likeness (QED) is 0.680. The average molecular weight is 287 g/mol. The van der Waals surface area contributed by atoms with Crippen molar-refractivity contribution in [1.29, 1.82) is 0 Å².